The Balaban J connectivity index is 2.66. The lowest BCUT2D eigenvalue weighted by Crippen LogP contribution is -2.06. The van der Waals surface area contributed by atoms with Gasteiger partial charge in [0.2, 0.25) is 5.75 Å². The number of benzene rings is 2. The number of hydrogen-bond donors (Lipinski definition) is 2. The fourth-order valence-corrected chi connectivity index (χ4v) is 1.97. The lowest BCUT2D eigenvalue weighted by Gasteiger charge is -2.16. The van der Waals surface area contributed by atoms with Crippen LogP contribution in [0.4, 0.5) is 0 Å². The van der Waals surface area contributed by atoms with Crippen molar-refractivity contribution in [3.05, 3.63) is 42.0 Å². The minimum absolute atomic E-state index is 0.0461. The fourth-order valence-electron chi connectivity index (χ4n) is 1.97. The molecule has 0 heterocycles. The Morgan fingerprint density at radius 3 is 2.30 bits per heavy atom. The van der Waals surface area contributed by atoms with Gasteiger partial charge in [0.25, 0.3) is 0 Å². The Bertz CT molecular complexity index is 618. The molecule has 4 heteroatoms. The molecular formula is C16H16O4. The molecule has 2 rings (SSSR count). The number of carbonyl (C=O) groups is 1. The molecular weight excluding hydrogens is 256 g/mol. The smallest absolute Gasteiger partial charge is 0.201 e. The van der Waals surface area contributed by atoms with Crippen molar-refractivity contribution >= 4 is 6.29 Å². The van der Waals surface area contributed by atoms with Crippen molar-refractivity contribution in [3.63, 3.8) is 0 Å². The zero-order valence-electron chi connectivity index (χ0n) is 11.3. The van der Waals surface area contributed by atoms with Gasteiger partial charge >= 0.3 is 0 Å². The van der Waals surface area contributed by atoms with E-state index in [1.807, 2.05) is 44.2 Å². The van der Waals surface area contributed by atoms with E-state index in [-0.39, 0.29) is 17.4 Å². The largest absolute Gasteiger partial charge is 0.504 e. The number of rotatable bonds is 4. The second kappa shape index (κ2) is 5.65. The summed E-state index contributed by atoms with van der Waals surface area (Å²) in [6.45, 7) is 3.62. The first-order chi connectivity index (χ1) is 9.54. The molecule has 0 spiro atoms. The molecule has 0 radical (unpaired) electrons. The molecule has 0 aliphatic rings. The molecule has 4 nitrogen and oxygen atoms in total. The van der Waals surface area contributed by atoms with Crippen molar-refractivity contribution in [1.82, 2.24) is 0 Å². The Hall–Kier alpha value is -2.49. The first-order valence-corrected chi connectivity index (χ1v) is 6.30. The van der Waals surface area contributed by atoms with Gasteiger partial charge in [0.05, 0.1) is 11.7 Å². The van der Waals surface area contributed by atoms with Crippen LogP contribution in [0.2, 0.25) is 0 Å². The molecule has 0 amide bonds. The van der Waals surface area contributed by atoms with E-state index in [2.05, 4.69) is 0 Å². The zero-order valence-corrected chi connectivity index (χ0v) is 11.3. The number of aldehydes is 1. The Morgan fingerprint density at radius 2 is 1.75 bits per heavy atom. The molecule has 2 N–H and O–H groups in total. The minimum Gasteiger partial charge on any atom is -0.504 e. The molecule has 0 saturated heterocycles. The number of phenols is 2. The van der Waals surface area contributed by atoms with Crippen molar-refractivity contribution in [2.45, 2.75) is 20.0 Å². The Labute approximate surface area is 117 Å². The van der Waals surface area contributed by atoms with Crippen LogP contribution in [0.15, 0.2) is 36.4 Å². The number of aromatic hydroxyl groups is 2. The van der Waals surface area contributed by atoms with Crippen LogP contribution in [-0.4, -0.2) is 22.6 Å². The van der Waals surface area contributed by atoms with E-state index in [1.54, 1.807) is 6.07 Å². The molecule has 0 aliphatic heterocycles. The van der Waals surface area contributed by atoms with Gasteiger partial charge in [-0.25, -0.2) is 0 Å². The molecule has 0 atom stereocenters. The fraction of sp³-hybridized carbons (Fsp3) is 0.188. The number of hydrogen-bond acceptors (Lipinski definition) is 4. The molecule has 20 heavy (non-hydrogen) atoms. The predicted molar refractivity (Wildman–Crippen MR) is 76.4 cm³/mol. The summed E-state index contributed by atoms with van der Waals surface area (Å²) in [5.41, 5.74) is 1.33. The highest BCUT2D eigenvalue weighted by Crippen LogP contribution is 2.43. The van der Waals surface area contributed by atoms with E-state index in [9.17, 15) is 15.0 Å². The molecule has 0 aliphatic carbocycles. The summed E-state index contributed by atoms with van der Waals surface area (Å²) in [4.78, 5) is 11.2. The van der Waals surface area contributed by atoms with Crippen molar-refractivity contribution in [2.75, 3.05) is 0 Å². The average molecular weight is 272 g/mol. The van der Waals surface area contributed by atoms with Crippen molar-refractivity contribution in [2.24, 2.45) is 0 Å². The van der Waals surface area contributed by atoms with Crippen molar-refractivity contribution in [1.29, 1.82) is 0 Å². The summed E-state index contributed by atoms with van der Waals surface area (Å²) in [5, 5.41) is 19.9. The predicted octanol–water partition coefficient (Wildman–Crippen LogP) is 3.36. The van der Waals surface area contributed by atoms with Gasteiger partial charge in [0, 0.05) is 0 Å². The van der Waals surface area contributed by atoms with E-state index < -0.39 is 11.5 Å². The maximum absolute atomic E-state index is 11.2. The van der Waals surface area contributed by atoms with Crippen LogP contribution in [0.1, 0.15) is 24.2 Å². The molecule has 2 aromatic rings. The third-order valence-electron chi connectivity index (χ3n) is 2.84. The highest BCUT2D eigenvalue weighted by Gasteiger charge is 2.19. The first kappa shape index (κ1) is 13.9. The Morgan fingerprint density at radius 1 is 1.10 bits per heavy atom. The van der Waals surface area contributed by atoms with Gasteiger partial charge < -0.3 is 14.9 Å². The number of ether oxygens (including phenoxy) is 1. The minimum atomic E-state index is -0.461. The second-order valence-corrected chi connectivity index (χ2v) is 4.68. The van der Waals surface area contributed by atoms with E-state index in [0.29, 0.717) is 11.8 Å². The molecule has 0 aromatic heterocycles. The van der Waals surface area contributed by atoms with Gasteiger partial charge in [-0.15, -0.1) is 0 Å². The summed E-state index contributed by atoms with van der Waals surface area (Å²) in [7, 11) is 0. The van der Waals surface area contributed by atoms with Crippen LogP contribution >= 0.6 is 0 Å². The van der Waals surface area contributed by atoms with E-state index >= 15 is 0 Å². The summed E-state index contributed by atoms with van der Waals surface area (Å²) in [5.74, 6) is -0.723. The number of phenolic OH excluding ortho intramolecular Hbond substituents is 2. The highest BCUT2D eigenvalue weighted by atomic mass is 16.5. The molecule has 104 valence electrons. The van der Waals surface area contributed by atoms with Gasteiger partial charge in [-0.05, 0) is 31.0 Å². The second-order valence-electron chi connectivity index (χ2n) is 4.68. The molecule has 0 unspecified atom stereocenters. The molecule has 2 aromatic carbocycles. The van der Waals surface area contributed by atoms with Gasteiger partial charge in [-0.1, -0.05) is 30.3 Å². The van der Waals surface area contributed by atoms with Crippen molar-refractivity contribution < 1.29 is 19.7 Å². The van der Waals surface area contributed by atoms with E-state index in [4.69, 9.17) is 4.74 Å². The molecule has 0 fully saturated rings. The highest BCUT2D eigenvalue weighted by molar-refractivity contribution is 5.93. The van der Waals surface area contributed by atoms with Gasteiger partial charge in [0.15, 0.2) is 17.8 Å². The SMILES string of the molecule is CC(C)Oc1cc(-c2ccccc2)c(C=O)c(O)c1O. The topological polar surface area (TPSA) is 66.8 Å². The first-order valence-electron chi connectivity index (χ1n) is 6.30. The average Bonchev–Trinajstić information content (AvgIpc) is 2.44. The Kier molecular flexibility index (Phi) is 3.94. The third-order valence-corrected chi connectivity index (χ3v) is 2.84. The zero-order chi connectivity index (χ0) is 14.7. The van der Waals surface area contributed by atoms with Gasteiger partial charge in [-0.2, -0.15) is 0 Å². The normalized spacial score (nSPS) is 10.6. The van der Waals surface area contributed by atoms with Crippen LogP contribution in [0.25, 0.3) is 11.1 Å². The van der Waals surface area contributed by atoms with Crippen LogP contribution in [-0.2, 0) is 0 Å². The monoisotopic (exact) mass is 272 g/mol. The standard InChI is InChI=1S/C16H16O4/c1-10(2)20-14-8-12(11-6-4-3-5-7-11)13(9-17)15(18)16(14)19/h3-10,18-19H,1-2H3. The van der Waals surface area contributed by atoms with Crippen LogP contribution < -0.4 is 4.74 Å². The van der Waals surface area contributed by atoms with Crippen LogP contribution in [0.3, 0.4) is 0 Å². The van der Waals surface area contributed by atoms with Crippen LogP contribution in [0, 0.1) is 0 Å². The maximum Gasteiger partial charge on any atom is 0.201 e. The number of carbonyl (C=O) groups excluding carboxylic acids is 1. The lowest BCUT2D eigenvalue weighted by molar-refractivity contribution is 0.112. The van der Waals surface area contributed by atoms with Crippen molar-refractivity contribution in [3.8, 4) is 28.4 Å². The maximum atomic E-state index is 11.2. The summed E-state index contributed by atoms with van der Waals surface area (Å²) >= 11 is 0. The quantitative estimate of drug-likeness (QED) is 0.661. The van der Waals surface area contributed by atoms with Gasteiger partial charge in [0.1, 0.15) is 0 Å². The van der Waals surface area contributed by atoms with Crippen LogP contribution in [0.5, 0.6) is 17.2 Å². The van der Waals surface area contributed by atoms with E-state index in [0.717, 1.165) is 5.56 Å². The summed E-state index contributed by atoms with van der Waals surface area (Å²) < 4.78 is 5.46. The molecule has 0 bridgehead atoms. The molecule has 0 saturated carbocycles. The summed E-state index contributed by atoms with van der Waals surface area (Å²) in [6.07, 6.45) is 0.363. The van der Waals surface area contributed by atoms with E-state index in [1.165, 1.54) is 0 Å². The van der Waals surface area contributed by atoms with Gasteiger partial charge in [-0.3, -0.25) is 4.79 Å². The third kappa shape index (κ3) is 2.59. The summed E-state index contributed by atoms with van der Waals surface area (Å²) in [6, 6.07) is 10.7. The lowest BCUT2D eigenvalue weighted by atomic mass is 9.98.